The highest BCUT2D eigenvalue weighted by Crippen LogP contribution is 2.33. The number of carbonyl (C=O) groups excluding carboxylic acids is 4. The zero-order valence-corrected chi connectivity index (χ0v) is 18.1. The number of rotatable bonds is 8. The summed E-state index contributed by atoms with van der Waals surface area (Å²) < 4.78 is 0. The topological polar surface area (TPSA) is 112 Å². The molecule has 9 heteroatoms. The van der Waals surface area contributed by atoms with E-state index in [4.69, 9.17) is 0 Å². The Hall–Kier alpha value is -2.97. The molecule has 170 valence electrons. The lowest BCUT2D eigenvalue weighted by Gasteiger charge is -2.16. The van der Waals surface area contributed by atoms with E-state index < -0.39 is 0 Å². The van der Waals surface area contributed by atoms with Gasteiger partial charge in [0.2, 0.25) is 11.8 Å². The second-order valence-electron chi connectivity index (χ2n) is 9.52. The van der Waals surface area contributed by atoms with Crippen molar-refractivity contribution in [2.24, 2.45) is 11.8 Å². The van der Waals surface area contributed by atoms with Crippen molar-refractivity contribution in [1.82, 2.24) is 25.4 Å². The predicted octanol–water partition coefficient (Wildman–Crippen LogP) is 0.563. The maximum absolute atomic E-state index is 12.5. The van der Waals surface area contributed by atoms with Gasteiger partial charge in [0.15, 0.2) is 0 Å². The molecule has 2 aliphatic heterocycles. The van der Waals surface area contributed by atoms with Gasteiger partial charge in [-0.05, 0) is 37.8 Å². The highest BCUT2D eigenvalue weighted by Gasteiger charge is 2.40. The minimum atomic E-state index is -0.349. The Morgan fingerprint density at radius 1 is 0.812 bits per heavy atom. The van der Waals surface area contributed by atoms with Crippen molar-refractivity contribution in [3.05, 3.63) is 29.6 Å². The first-order valence-corrected chi connectivity index (χ1v) is 11.6. The molecule has 5 rings (SSSR count). The van der Waals surface area contributed by atoms with E-state index in [0.29, 0.717) is 51.1 Å². The first-order chi connectivity index (χ1) is 15.5. The number of hydrogen-bond acceptors (Lipinski definition) is 5. The summed E-state index contributed by atoms with van der Waals surface area (Å²) in [5.41, 5.74) is 0.356. The number of hydrogen-bond donors (Lipinski definition) is 2. The average molecular weight is 440 g/mol. The third kappa shape index (κ3) is 4.61. The van der Waals surface area contributed by atoms with Crippen LogP contribution in [0.25, 0.3) is 0 Å². The molecular formula is C23H29N5O4. The Bertz CT molecular complexity index is 871. The summed E-state index contributed by atoms with van der Waals surface area (Å²) in [7, 11) is 0. The van der Waals surface area contributed by atoms with E-state index in [0.717, 1.165) is 25.7 Å². The van der Waals surface area contributed by atoms with Crippen LogP contribution in [0.1, 0.15) is 59.5 Å². The van der Waals surface area contributed by atoms with Crippen LogP contribution < -0.4 is 10.6 Å². The lowest BCUT2D eigenvalue weighted by atomic mass is 10.1. The standard InChI is InChI=1S/C23H29N5O4/c29-20-8-14(12-27(20)16-4-5-16)10-24-22(31)18-2-1-3-19(26-18)23(32)25-11-15-9-21(30)28(13-15)17-6-7-17/h1-3,14-17H,4-13H2,(H,24,31)(H,25,32). The van der Waals surface area contributed by atoms with Gasteiger partial charge in [-0.25, -0.2) is 4.98 Å². The Morgan fingerprint density at radius 2 is 1.25 bits per heavy atom. The molecule has 2 aliphatic carbocycles. The van der Waals surface area contributed by atoms with Crippen LogP contribution in [0.4, 0.5) is 0 Å². The van der Waals surface area contributed by atoms with Gasteiger partial charge in [-0.2, -0.15) is 0 Å². The van der Waals surface area contributed by atoms with Gasteiger partial charge in [-0.15, -0.1) is 0 Å². The monoisotopic (exact) mass is 439 g/mol. The van der Waals surface area contributed by atoms with Crippen LogP contribution in [0.5, 0.6) is 0 Å². The number of nitrogens with zero attached hydrogens (tertiary/aromatic N) is 3. The summed E-state index contributed by atoms with van der Waals surface area (Å²) >= 11 is 0. The van der Waals surface area contributed by atoms with Crippen LogP contribution in [-0.4, -0.2) is 76.7 Å². The molecule has 2 saturated carbocycles. The first-order valence-electron chi connectivity index (χ1n) is 11.6. The summed E-state index contributed by atoms with van der Waals surface area (Å²) in [4.78, 5) is 57.3. The van der Waals surface area contributed by atoms with Crippen LogP contribution in [0.2, 0.25) is 0 Å². The smallest absolute Gasteiger partial charge is 0.269 e. The molecule has 9 nitrogen and oxygen atoms in total. The number of pyridine rings is 1. The number of likely N-dealkylation sites (tertiary alicyclic amines) is 2. The minimum Gasteiger partial charge on any atom is -0.350 e. The van der Waals surface area contributed by atoms with E-state index in [9.17, 15) is 19.2 Å². The van der Waals surface area contributed by atoms with E-state index in [1.807, 2.05) is 9.80 Å². The summed E-state index contributed by atoms with van der Waals surface area (Å²) in [5.74, 6) is -0.122. The molecule has 4 aliphatic rings. The second-order valence-corrected chi connectivity index (χ2v) is 9.52. The van der Waals surface area contributed by atoms with Crippen molar-refractivity contribution in [3.8, 4) is 0 Å². The second kappa shape index (κ2) is 8.52. The van der Waals surface area contributed by atoms with Crippen LogP contribution in [0.3, 0.4) is 0 Å². The largest absolute Gasteiger partial charge is 0.350 e. The summed E-state index contributed by atoms with van der Waals surface area (Å²) in [6.07, 6.45) is 5.26. The first kappa shape index (κ1) is 20.9. The zero-order chi connectivity index (χ0) is 22.2. The predicted molar refractivity (Wildman–Crippen MR) is 115 cm³/mol. The van der Waals surface area contributed by atoms with Crippen molar-refractivity contribution in [2.45, 2.75) is 50.6 Å². The zero-order valence-electron chi connectivity index (χ0n) is 18.1. The molecule has 32 heavy (non-hydrogen) atoms. The third-order valence-corrected chi connectivity index (χ3v) is 6.77. The normalized spacial score (nSPS) is 25.4. The number of amides is 4. The number of nitrogens with one attached hydrogen (secondary N) is 2. The van der Waals surface area contributed by atoms with E-state index in [1.54, 1.807) is 18.2 Å². The fraction of sp³-hybridized carbons (Fsp3) is 0.609. The summed E-state index contributed by atoms with van der Waals surface area (Å²) in [6.45, 7) is 2.22. The van der Waals surface area contributed by atoms with Crippen LogP contribution in [0, 0.1) is 11.8 Å². The highest BCUT2D eigenvalue weighted by atomic mass is 16.2. The third-order valence-electron chi connectivity index (χ3n) is 6.77. The van der Waals surface area contributed by atoms with Crippen molar-refractivity contribution < 1.29 is 19.2 Å². The highest BCUT2D eigenvalue weighted by molar-refractivity contribution is 5.96. The van der Waals surface area contributed by atoms with Crippen LogP contribution >= 0.6 is 0 Å². The molecule has 0 aromatic carbocycles. The van der Waals surface area contributed by atoms with Gasteiger partial charge in [0.25, 0.3) is 11.8 Å². The SMILES string of the molecule is O=C(NCC1CC(=O)N(C2CC2)C1)c1cccc(C(=O)NCC2CC(=O)N(C3CC3)C2)n1. The average Bonchev–Trinajstić information content (AvgIpc) is 3.73. The quantitative estimate of drug-likeness (QED) is 0.615. The molecule has 0 spiro atoms. The van der Waals surface area contributed by atoms with Gasteiger partial charge < -0.3 is 20.4 Å². The molecule has 4 amide bonds. The van der Waals surface area contributed by atoms with Gasteiger partial charge in [-0.1, -0.05) is 6.07 Å². The molecule has 2 unspecified atom stereocenters. The van der Waals surface area contributed by atoms with Gasteiger partial charge >= 0.3 is 0 Å². The molecule has 0 radical (unpaired) electrons. The molecule has 1 aromatic heterocycles. The molecule has 2 N–H and O–H groups in total. The van der Waals surface area contributed by atoms with Crippen LogP contribution in [0.15, 0.2) is 18.2 Å². The Morgan fingerprint density at radius 3 is 1.66 bits per heavy atom. The molecule has 4 fully saturated rings. The van der Waals surface area contributed by atoms with Gasteiger partial charge in [-0.3, -0.25) is 19.2 Å². The lowest BCUT2D eigenvalue weighted by Crippen LogP contribution is -2.34. The summed E-state index contributed by atoms with van der Waals surface area (Å²) in [6, 6.07) is 5.59. The number of carbonyl (C=O) groups is 4. The maximum atomic E-state index is 12.5. The molecular weight excluding hydrogens is 410 g/mol. The molecule has 1 aromatic rings. The van der Waals surface area contributed by atoms with E-state index in [1.165, 1.54) is 0 Å². The van der Waals surface area contributed by atoms with Crippen molar-refractivity contribution >= 4 is 23.6 Å². The Kier molecular flexibility index (Phi) is 5.57. The minimum absolute atomic E-state index is 0.114. The van der Waals surface area contributed by atoms with Crippen molar-refractivity contribution in [1.29, 1.82) is 0 Å². The van der Waals surface area contributed by atoms with Gasteiger partial charge in [0.05, 0.1) is 0 Å². The van der Waals surface area contributed by atoms with Crippen LogP contribution in [-0.2, 0) is 9.59 Å². The van der Waals surface area contributed by atoms with Crippen molar-refractivity contribution in [3.63, 3.8) is 0 Å². The van der Waals surface area contributed by atoms with Gasteiger partial charge in [0, 0.05) is 62.9 Å². The summed E-state index contributed by atoms with van der Waals surface area (Å²) in [5, 5.41) is 5.71. The fourth-order valence-electron chi connectivity index (χ4n) is 4.71. The maximum Gasteiger partial charge on any atom is 0.269 e. The van der Waals surface area contributed by atoms with E-state index in [2.05, 4.69) is 15.6 Å². The Balaban J connectivity index is 1.10. The number of aromatic nitrogens is 1. The molecule has 3 heterocycles. The fourth-order valence-corrected chi connectivity index (χ4v) is 4.71. The lowest BCUT2D eigenvalue weighted by molar-refractivity contribution is -0.129. The molecule has 0 bridgehead atoms. The van der Waals surface area contributed by atoms with Crippen molar-refractivity contribution in [2.75, 3.05) is 26.2 Å². The Labute approximate surface area is 186 Å². The molecule has 2 saturated heterocycles. The van der Waals surface area contributed by atoms with E-state index in [-0.39, 0.29) is 46.9 Å². The van der Waals surface area contributed by atoms with E-state index >= 15 is 0 Å². The van der Waals surface area contributed by atoms with Gasteiger partial charge in [0.1, 0.15) is 11.4 Å². The molecule has 2 atom stereocenters.